The van der Waals surface area contributed by atoms with E-state index in [1.807, 2.05) is 13.0 Å². The largest absolute Gasteiger partial charge is 0.494 e. The molecule has 1 heterocycles. The number of nitrogens with zero attached hydrogens (tertiary/aromatic N) is 1. The zero-order valence-electron chi connectivity index (χ0n) is 16.9. The van der Waals surface area contributed by atoms with Crippen LogP contribution in [0.2, 0.25) is 0 Å². The highest BCUT2D eigenvalue weighted by atomic mass is 16.5. The third kappa shape index (κ3) is 5.28. The van der Waals surface area contributed by atoms with Gasteiger partial charge in [0.1, 0.15) is 11.5 Å². The summed E-state index contributed by atoms with van der Waals surface area (Å²) in [6.07, 6.45) is -1.02. The van der Waals surface area contributed by atoms with E-state index in [0.29, 0.717) is 29.5 Å². The highest BCUT2D eigenvalue weighted by Crippen LogP contribution is 2.31. The van der Waals surface area contributed by atoms with Gasteiger partial charge in [-0.15, -0.1) is 0 Å². The van der Waals surface area contributed by atoms with E-state index in [2.05, 4.69) is 5.32 Å². The Morgan fingerprint density at radius 2 is 1.90 bits per heavy atom. The van der Waals surface area contributed by atoms with Gasteiger partial charge in [-0.3, -0.25) is 14.4 Å². The van der Waals surface area contributed by atoms with Crippen molar-refractivity contribution in [2.75, 3.05) is 30.0 Å². The molecule has 0 aliphatic carbocycles. The van der Waals surface area contributed by atoms with E-state index < -0.39 is 18.0 Å². The number of hydrogen-bond acceptors (Lipinski definition) is 6. The number of carbonyl (C=O) groups is 3. The van der Waals surface area contributed by atoms with Crippen molar-refractivity contribution in [3.63, 3.8) is 0 Å². The van der Waals surface area contributed by atoms with Crippen LogP contribution in [-0.4, -0.2) is 43.6 Å². The van der Waals surface area contributed by atoms with E-state index in [9.17, 15) is 14.4 Å². The van der Waals surface area contributed by atoms with Crippen LogP contribution in [0.3, 0.4) is 0 Å². The van der Waals surface area contributed by atoms with Crippen molar-refractivity contribution in [2.45, 2.75) is 26.4 Å². The van der Waals surface area contributed by atoms with Gasteiger partial charge in [-0.25, -0.2) is 0 Å². The standard InChI is InChI=1S/C22H24N2O6/c1-3-28-17-10-8-16(9-11-17)23-22(27)15(2)30-21(26)12-13-24-18-6-4-5-7-19(18)29-14-20(24)25/h4-11,15H,3,12-14H2,1-2H3,(H,23,27)/t15-/m0/s1. The molecule has 8 heteroatoms. The molecule has 1 N–H and O–H groups in total. The molecule has 1 atom stereocenters. The van der Waals surface area contributed by atoms with E-state index in [4.69, 9.17) is 14.2 Å². The molecule has 0 saturated heterocycles. The van der Waals surface area contributed by atoms with Crippen molar-refractivity contribution in [3.05, 3.63) is 48.5 Å². The maximum atomic E-state index is 12.3. The molecule has 0 unspecified atom stereocenters. The van der Waals surface area contributed by atoms with Crippen LogP contribution in [0.1, 0.15) is 20.3 Å². The number of hydrogen-bond donors (Lipinski definition) is 1. The van der Waals surface area contributed by atoms with Crippen LogP contribution in [0.25, 0.3) is 0 Å². The van der Waals surface area contributed by atoms with Crippen LogP contribution in [0.15, 0.2) is 48.5 Å². The molecule has 2 aromatic rings. The molecule has 2 aromatic carbocycles. The zero-order valence-corrected chi connectivity index (χ0v) is 16.9. The maximum Gasteiger partial charge on any atom is 0.308 e. The molecule has 0 bridgehead atoms. The van der Waals surface area contributed by atoms with Crippen LogP contribution >= 0.6 is 0 Å². The average Bonchev–Trinajstić information content (AvgIpc) is 2.74. The van der Waals surface area contributed by atoms with Gasteiger partial charge in [0.05, 0.1) is 18.7 Å². The van der Waals surface area contributed by atoms with Crippen molar-refractivity contribution in [1.82, 2.24) is 0 Å². The molecule has 0 aromatic heterocycles. The molecule has 8 nitrogen and oxygen atoms in total. The number of nitrogens with one attached hydrogen (secondary N) is 1. The number of para-hydroxylation sites is 2. The average molecular weight is 412 g/mol. The van der Waals surface area contributed by atoms with Crippen LogP contribution in [0.4, 0.5) is 11.4 Å². The van der Waals surface area contributed by atoms with Crippen molar-refractivity contribution in [2.24, 2.45) is 0 Å². The SMILES string of the molecule is CCOc1ccc(NC(=O)[C@H](C)OC(=O)CCN2C(=O)COc3ccccc32)cc1. The first-order chi connectivity index (χ1) is 14.5. The first-order valence-electron chi connectivity index (χ1n) is 9.73. The summed E-state index contributed by atoms with van der Waals surface area (Å²) in [7, 11) is 0. The lowest BCUT2D eigenvalue weighted by Gasteiger charge is -2.29. The second kappa shape index (κ2) is 9.78. The monoisotopic (exact) mass is 412 g/mol. The number of rotatable bonds is 8. The molecule has 30 heavy (non-hydrogen) atoms. The van der Waals surface area contributed by atoms with Gasteiger partial charge >= 0.3 is 5.97 Å². The van der Waals surface area contributed by atoms with Gasteiger partial charge in [-0.2, -0.15) is 0 Å². The number of benzene rings is 2. The Kier molecular flexibility index (Phi) is 6.90. The lowest BCUT2D eigenvalue weighted by molar-refractivity contribution is -0.153. The minimum absolute atomic E-state index is 0.0409. The quantitative estimate of drug-likeness (QED) is 0.670. The minimum Gasteiger partial charge on any atom is -0.494 e. The number of fused-ring (bicyclic) bond motifs is 1. The summed E-state index contributed by atoms with van der Waals surface area (Å²) in [6.45, 7) is 4.01. The van der Waals surface area contributed by atoms with E-state index in [-0.39, 0.29) is 25.5 Å². The maximum absolute atomic E-state index is 12.3. The number of esters is 1. The second-order valence-electron chi connectivity index (χ2n) is 6.63. The van der Waals surface area contributed by atoms with E-state index in [1.165, 1.54) is 11.8 Å². The normalized spacial score (nSPS) is 13.7. The Hall–Kier alpha value is -3.55. The van der Waals surface area contributed by atoms with Gasteiger partial charge in [-0.05, 0) is 50.2 Å². The van der Waals surface area contributed by atoms with Crippen molar-refractivity contribution in [3.8, 4) is 11.5 Å². The summed E-state index contributed by atoms with van der Waals surface area (Å²) < 4.78 is 15.9. The van der Waals surface area contributed by atoms with E-state index in [0.717, 1.165) is 0 Å². The van der Waals surface area contributed by atoms with Crippen molar-refractivity contribution >= 4 is 29.2 Å². The first kappa shape index (κ1) is 21.2. The van der Waals surface area contributed by atoms with Crippen molar-refractivity contribution < 1.29 is 28.6 Å². The summed E-state index contributed by atoms with van der Waals surface area (Å²) in [6, 6.07) is 14.0. The predicted octanol–water partition coefficient (Wildman–Crippen LogP) is 2.77. The third-order valence-electron chi connectivity index (χ3n) is 4.46. The predicted molar refractivity (Wildman–Crippen MR) is 111 cm³/mol. The van der Waals surface area contributed by atoms with Gasteiger partial charge in [0.2, 0.25) is 0 Å². The van der Waals surface area contributed by atoms with Crippen LogP contribution in [-0.2, 0) is 19.1 Å². The molecule has 1 aliphatic rings. The molecule has 1 aliphatic heterocycles. The molecule has 158 valence electrons. The minimum atomic E-state index is -0.975. The van der Waals surface area contributed by atoms with E-state index >= 15 is 0 Å². The Balaban J connectivity index is 1.49. The zero-order chi connectivity index (χ0) is 21.5. The molecule has 3 rings (SSSR count). The Morgan fingerprint density at radius 1 is 1.17 bits per heavy atom. The van der Waals surface area contributed by atoms with Gasteiger partial charge in [0.15, 0.2) is 12.7 Å². The molecule has 2 amide bonds. The van der Waals surface area contributed by atoms with Gasteiger partial charge in [0.25, 0.3) is 11.8 Å². The fourth-order valence-corrected chi connectivity index (χ4v) is 2.96. The lowest BCUT2D eigenvalue weighted by Crippen LogP contribution is -2.40. The smallest absolute Gasteiger partial charge is 0.308 e. The summed E-state index contributed by atoms with van der Waals surface area (Å²) in [4.78, 5) is 38.1. The molecular weight excluding hydrogens is 388 g/mol. The summed E-state index contributed by atoms with van der Waals surface area (Å²) in [5, 5.41) is 2.69. The Labute approximate surface area is 174 Å². The number of anilines is 2. The highest BCUT2D eigenvalue weighted by Gasteiger charge is 2.26. The number of amides is 2. The van der Waals surface area contributed by atoms with Crippen molar-refractivity contribution in [1.29, 1.82) is 0 Å². The fourth-order valence-electron chi connectivity index (χ4n) is 2.96. The number of carbonyl (C=O) groups excluding carboxylic acids is 3. The van der Waals surface area contributed by atoms with Crippen LogP contribution in [0, 0.1) is 0 Å². The Bertz CT molecular complexity index is 912. The van der Waals surface area contributed by atoms with Gasteiger partial charge in [-0.1, -0.05) is 12.1 Å². The molecule has 0 radical (unpaired) electrons. The molecule has 0 saturated carbocycles. The summed E-state index contributed by atoms with van der Waals surface area (Å²) >= 11 is 0. The van der Waals surface area contributed by atoms with Crippen LogP contribution < -0.4 is 19.7 Å². The lowest BCUT2D eigenvalue weighted by atomic mass is 10.2. The highest BCUT2D eigenvalue weighted by molar-refractivity contribution is 5.98. The van der Waals surface area contributed by atoms with Gasteiger partial charge in [0, 0.05) is 12.2 Å². The van der Waals surface area contributed by atoms with Crippen LogP contribution in [0.5, 0.6) is 11.5 Å². The van der Waals surface area contributed by atoms with Gasteiger partial charge < -0.3 is 24.4 Å². The molecule has 0 fully saturated rings. The second-order valence-corrected chi connectivity index (χ2v) is 6.63. The third-order valence-corrected chi connectivity index (χ3v) is 4.46. The fraction of sp³-hybridized carbons (Fsp3) is 0.318. The molecular formula is C22H24N2O6. The summed E-state index contributed by atoms with van der Waals surface area (Å²) in [5.41, 5.74) is 1.18. The summed E-state index contributed by atoms with van der Waals surface area (Å²) in [5.74, 6) is 0.0481. The van der Waals surface area contributed by atoms with E-state index in [1.54, 1.807) is 42.5 Å². The Morgan fingerprint density at radius 3 is 2.63 bits per heavy atom. The topological polar surface area (TPSA) is 94.2 Å². The molecule has 0 spiro atoms. The first-order valence-corrected chi connectivity index (χ1v) is 9.73. The number of ether oxygens (including phenoxy) is 3.